The molecule has 0 heterocycles. The topological polar surface area (TPSA) is 57.2 Å². The lowest BCUT2D eigenvalue weighted by molar-refractivity contribution is -0.516. The zero-order chi connectivity index (χ0) is 4.99. The summed E-state index contributed by atoms with van der Waals surface area (Å²) in [7, 11) is 0. The fourth-order valence-electron chi connectivity index (χ4n) is 0.0333. The maximum absolute atomic E-state index is 9.11. The van der Waals surface area contributed by atoms with Gasteiger partial charge in [0.2, 0.25) is 0 Å². The summed E-state index contributed by atoms with van der Waals surface area (Å²) in [6.45, 7) is 0. The fraction of sp³-hybridized carbons (Fsp3) is 0. The van der Waals surface area contributed by atoms with Gasteiger partial charge in [0.05, 0.1) is 12.2 Å². The molecule has 0 saturated heterocycles. The summed E-state index contributed by atoms with van der Waals surface area (Å²) < 4.78 is 0. The first-order valence-electron chi connectivity index (χ1n) is 0.993. The van der Waals surface area contributed by atoms with Gasteiger partial charge < -0.3 is 0 Å². The Kier molecular flexibility index (Phi) is 2.11. The second kappa shape index (κ2) is 2.44. The molecule has 1 radical (unpaired) electrons. The number of hydrazone groups is 1. The van der Waals surface area contributed by atoms with Crippen molar-refractivity contribution in [1.29, 1.82) is 0 Å². The van der Waals surface area contributed by atoms with Crippen molar-refractivity contribution >= 4 is 17.4 Å². The molecule has 0 aliphatic carbocycles. The molecule has 0 aromatic carbocycles. The zero-order valence-corrected chi connectivity index (χ0v) is 3.44. The van der Waals surface area contributed by atoms with Gasteiger partial charge in [-0.25, -0.2) is 0 Å². The smallest absolute Gasteiger partial charge is 0.192 e. The van der Waals surface area contributed by atoms with Gasteiger partial charge in [-0.3, -0.25) is 0 Å². The first kappa shape index (κ1) is 5.20. The van der Waals surface area contributed by atoms with Crippen molar-refractivity contribution in [2.45, 2.75) is 0 Å². The van der Waals surface area contributed by atoms with Crippen LogP contribution >= 0.6 is 12.2 Å². The van der Waals surface area contributed by atoms with E-state index in [4.69, 9.17) is 10.1 Å². The average Bonchev–Trinajstić information content (AvgIpc) is 1.35. The van der Waals surface area contributed by atoms with E-state index < -0.39 is 5.03 Å². The van der Waals surface area contributed by atoms with Crippen molar-refractivity contribution in [3.8, 4) is 0 Å². The fourth-order valence-corrected chi connectivity index (χ4v) is 0.100. The molecule has 0 aromatic heterocycles. The standard InChI is InChI=1S/CN2O2S/c4-3(5)2-1-6/q+1. The first-order chi connectivity index (χ1) is 2.77. The number of nitro groups is 1. The molecule has 0 atom stereocenters. The Hall–Kier alpha value is -0.800. The normalized spacial score (nSPS) is 6.00. The molecule has 0 amide bonds. The first-order valence-corrected chi connectivity index (χ1v) is 1.40. The SMILES string of the molecule is O=[N+]([O-])[N+]=C=S. The zero-order valence-electron chi connectivity index (χ0n) is 2.62. The Labute approximate surface area is 38.6 Å². The van der Waals surface area contributed by atoms with E-state index in [-0.39, 0.29) is 0 Å². The lowest BCUT2D eigenvalue weighted by Gasteiger charge is -1.43. The number of thiocarbonyl (C=S) groups is 1. The highest BCUT2D eigenvalue weighted by Crippen LogP contribution is 1.43. The molecule has 0 unspecified atom stereocenters. The van der Waals surface area contributed by atoms with E-state index in [1.165, 1.54) is 0 Å². The largest absolute Gasteiger partial charge is 0.488 e. The second-order valence-electron chi connectivity index (χ2n) is 0.429. The van der Waals surface area contributed by atoms with E-state index >= 15 is 0 Å². The number of hydrogen-bond donors (Lipinski definition) is 0. The third kappa shape index (κ3) is 3.20. The van der Waals surface area contributed by atoms with Gasteiger partial charge in [-0.15, -0.1) is 0 Å². The van der Waals surface area contributed by atoms with Gasteiger partial charge in [0.25, 0.3) is 0 Å². The van der Waals surface area contributed by atoms with Crippen molar-refractivity contribution in [2.24, 2.45) is 0 Å². The van der Waals surface area contributed by atoms with Gasteiger partial charge in [0.1, 0.15) is 0 Å². The monoisotopic (exact) mass is 104 g/mol. The van der Waals surface area contributed by atoms with Crippen LogP contribution in [0.1, 0.15) is 0 Å². The molecule has 0 rings (SSSR count). The van der Waals surface area contributed by atoms with Crippen LogP contribution in [0.25, 0.3) is 0 Å². The van der Waals surface area contributed by atoms with Gasteiger partial charge >= 0.3 is 15.3 Å². The summed E-state index contributed by atoms with van der Waals surface area (Å²) in [6, 6.07) is 0. The second-order valence-corrected chi connectivity index (χ2v) is 0.612. The third-order valence-electron chi connectivity index (χ3n) is 0.122. The van der Waals surface area contributed by atoms with Crippen LogP contribution in [0.2, 0.25) is 0 Å². The highest BCUT2D eigenvalue weighted by atomic mass is 32.1. The predicted molar refractivity (Wildman–Crippen MR) is 21.7 cm³/mol. The molecule has 0 spiro atoms. The van der Waals surface area contributed by atoms with Crippen molar-refractivity contribution < 1.29 is 5.03 Å². The highest BCUT2D eigenvalue weighted by Gasteiger charge is 1.99. The van der Waals surface area contributed by atoms with Crippen LogP contribution in [0.5, 0.6) is 0 Å². The highest BCUT2D eigenvalue weighted by molar-refractivity contribution is 7.78. The van der Waals surface area contributed by atoms with Crippen LogP contribution in [0.3, 0.4) is 0 Å². The van der Waals surface area contributed by atoms with Gasteiger partial charge in [0.15, 0.2) is 0 Å². The van der Waals surface area contributed by atoms with Gasteiger partial charge in [-0.2, -0.15) is 10.1 Å². The minimum atomic E-state index is -0.910. The molecule has 0 bridgehead atoms. The van der Waals surface area contributed by atoms with Crippen molar-refractivity contribution in [3.63, 3.8) is 0 Å². The van der Waals surface area contributed by atoms with Crippen LogP contribution < -0.4 is 5.10 Å². The van der Waals surface area contributed by atoms with E-state index in [1.54, 1.807) is 5.16 Å². The molecule has 4 nitrogen and oxygen atoms in total. The van der Waals surface area contributed by atoms with Crippen LogP contribution in [0, 0.1) is 10.1 Å². The summed E-state index contributed by atoms with van der Waals surface area (Å²) >= 11 is 3.87. The van der Waals surface area contributed by atoms with E-state index in [0.717, 1.165) is 0 Å². The number of hydrogen-bond acceptors (Lipinski definition) is 3. The van der Waals surface area contributed by atoms with Gasteiger partial charge in [-0.05, 0) is 0 Å². The van der Waals surface area contributed by atoms with Crippen LogP contribution in [0.15, 0.2) is 0 Å². The Bertz CT molecular complexity index is 104. The predicted octanol–water partition coefficient (Wildman–Crippen LogP) is -0.383. The molecule has 31 valence electrons. The van der Waals surface area contributed by atoms with E-state index in [9.17, 15) is 0 Å². The van der Waals surface area contributed by atoms with Crippen LogP contribution in [-0.2, 0) is 0 Å². The van der Waals surface area contributed by atoms with Gasteiger partial charge in [0, 0.05) is 0 Å². The van der Waals surface area contributed by atoms with E-state index in [0.29, 0.717) is 0 Å². The summed E-state index contributed by atoms with van der Waals surface area (Å²) in [5.74, 6) is 0. The van der Waals surface area contributed by atoms with E-state index in [1.807, 2.05) is 0 Å². The molecule has 6 heavy (non-hydrogen) atoms. The number of nitrogens with zero attached hydrogens (tertiary/aromatic N) is 2. The minimum absolute atomic E-state index is 0.910. The molecule has 0 fully saturated rings. The quantitative estimate of drug-likeness (QED) is 0.197. The Morgan fingerprint density at radius 3 is 2.50 bits per heavy atom. The lowest BCUT2D eigenvalue weighted by Crippen LogP contribution is -1.96. The lowest BCUT2D eigenvalue weighted by atomic mass is 11.7. The summed E-state index contributed by atoms with van der Waals surface area (Å²) in [6.07, 6.45) is 0. The molecular weight excluding hydrogens is 104 g/mol. The van der Waals surface area contributed by atoms with Crippen molar-refractivity contribution in [1.82, 2.24) is 5.10 Å². The molecule has 0 N–H and O–H groups in total. The minimum Gasteiger partial charge on any atom is -0.192 e. The maximum Gasteiger partial charge on any atom is 0.488 e. The molecule has 0 aliphatic rings. The molecule has 5 heteroatoms. The van der Waals surface area contributed by atoms with Crippen LogP contribution in [0.4, 0.5) is 0 Å². The van der Waals surface area contributed by atoms with Gasteiger partial charge in [-0.1, -0.05) is 0 Å². The Balaban J connectivity index is 3.60. The van der Waals surface area contributed by atoms with Crippen LogP contribution in [-0.4, -0.2) is 10.2 Å². The average molecular weight is 104 g/mol. The van der Waals surface area contributed by atoms with Crippen molar-refractivity contribution in [2.75, 3.05) is 0 Å². The number of isothiocyanates is 1. The Morgan fingerprint density at radius 2 is 2.50 bits per heavy atom. The third-order valence-corrected chi connectivity index (χ3v) is 0.204. The molecule has 0 aliphatic heterocycles. The summed E-state index contributed by atoms with van der Waals surface area (Å²) in [4.78, 5) is 9.11. The molecular formula is CN2O2S+. The Morgan fingerprint density at radius 1 is 2.00 bits per heavy atom. The van der Waals surface area contributed by atoms with Crippen molar-refractivity contribution in [3.05, 3.63) is 10.1 Å². The molecule has 0 aromatic rings. The van der Waals surface area contributed by atoms with E-state index in [2.05, 4.69) is 17.3 Å². The molecule has 0 saturated carbocycles. The summed E-state index contributed by atoms with van der Waals surface area (Å²) in [5, 5.41) is 12.2. The number of rotatable bonds is 1. The maximum atomic E-state index is 9.11. The summed E-state index contributed by atoms with van der Waals surface area (Å²) in [5.41, 5.74) is 0.